The molecule has 0 spiro atoms. The van der Waals surface area contributed by atoms with Crippen LogP contribution in [0.25, 0.3) is 65.9 Å². The summed E-state index contributed by atoms with van der Waals surface area (Å²) in [7, 11) is 2.96. The van der Waals surface area contributed by atoms with Crippen LogP contribution in [-0.2, 0) is 332 Å². The van der Waals surface area contributed by atoms with E-state index in [-0.39, 0.29) is 344 Å². The number of aryl methyl sites for hydroxylation is 4. The maximum Gasteiger partial charge on any atom is 0.339 e. The fourth-order valence-corrected chi connectivity index (χ4v) is 6.54. The standard InChI is InChI=1S/C17H13ClFN3O2.C17H14FN3O3.Cl3OP.10Y/c1-7-12(8(2)24-22-7)14-11(23-3)6-9-13-10(4-5-20-17(13)18)21-16(9)15(14)19;1-7-12(8(2)24-21-7)14-11(23-3)6-9-13-10(4-5-19-17(13)22)20-16(9)15(14)18;1-5(2,3)4;;;;;;;;;;/h4-6,21H,1-3H3;4-6,20H,1-3H3,(H,19,22);;;;;;;;;;;. The van der Waals surface area contributed by atoms with Gasteiger partial charge in [0.2, 0.25) is 0 Å². The average Bonchev–Trinajstić information content (AvgIpc) is 3.85. The second kappa shape index (κ2) is 34.9. The molecule has 6 heterocycles. The van der Waals surface area contributed by atoms with E-state index < -0.39 is 16.8 Å². The molecule has 0 saturated heterocycles. The molecule has 8 rings (SSSR count). The molecule has 0 bridgehead atoms. The smallest absolute Gasteiger partial charge is 0.339 e. The van der Waals surface area contributed by atoms with Gasteiger partial charge in [0, 0.05) is 356 Å². The summed E-state index contributed by atoms with van der Waals surface area (Å²) in [6, 6.07) is 6.86. The first kappa shape index (κ1) is 78.3. The summed E-state index contributed by atoms with van der Waals surface area (Å²) in [5.41, 5.74) is 4.47. The number of fused-ring (bicyclic) bond motifs is 6. The summed E-state index contributed by atoms with van der Waals surface area (Å²) in [4.78, 5) is 24.9. The van der Waals surface area contributed by atoms with Gasteiger partial charge < -0.3 is 33.5 Å². The van der Waals surface area contributed by atoms with Crippen LogP contribution >= 0.6 is 50.5 Å². The van der Waals surface area contributed by atoms with Crippen molar-refractivity contribution in [2.24, 2.45) is 0 Å². The number of H-pyrrole nitrogens is 3. The van der Waals surface area contributed by atoms with Crippen molar-refractivity contribution in [3.8, 4) is 33.8 Å². The average molecular weight is 1720 g/mol. The van der Waals surface area contributed by atoms with Crippen LogP contribution in [0.1, 0.15) is 22.9 Å². The number of nitrogens with zero attached hydrogens (tertiary/aromatic N) is 3. The fourth-order valence-electron chi connectivity index (χ4n) is 6.28. The minimum absolute atomic E-state index is 0. The van der Waals surface area contributed by atoms with E-state index in [4.69, 9.17) is 30.1 Å². The molecule has 2 aromatic carbocycles. The Morgan fingerprint density at radius 1 is 0.651 bits per heavy atom. The molecule has 0 saturated carbocycles. The number of aromatic nitrogens is 6. The summed E-state index contributed by atoms with van der Waals surface area (Å²) in [6.07, 6.45) is 3.09. The summed E-state index contributed by atoms with van der Waals surface area (Å²) < 4.78 is 61.4. The third-order valence-electron chi connectivity index (χ3n) is 8.39. The monoisotopic (exact) mass is 1710 g/mol. The van der Waals surface area contributed by atoms with Crippen LogP contribution < -0.4 is 15.0 Å². The molecule has 3 N–H and O–H groups in total. The Bertz CT molecular complexity index is 2800. The second-order valence-corrected chi connectivity index (χ2v) is 18.5. The molecule has 10 radical (unpaired) electrons. The van der Waals surface area contributed by atoms with Crippen molar-refractivity contribution < 1.29 is 359 Å². The van der Waals surface area contributed by atoms with Crippen LogP contribution in [0, 0.1) is 39.3 Å². The number of aromatic amines is 3. The van der Waals surface area contributed by atoms with Gasteiger partial charge in [-0.25, -0.2) is 13.8 Å². The van der Waals surface area contributed by atoms with Crippen molar-refractivity contribution in [1.29, 1.82) is 0 Å². The van der Waals surface area contributed by atoms with E-state index in [1.54, 1.807) is 58.2 Å². The molecular weight excluding hydrogens is 1690 g/mol. The Hall–Kier alpha value is 6.45. The number of nitrogens with one attached hydrogen (secondary N) is 3. The van der Waals surface area contributed by atoms with Gasteiger partial charge in [-0.3, -0.25) is 9.36 Å². The van der Waals surface area contributed by atoms with Crippen molar-refractivity contribution in [3.63, 3.8) is 0 Å². The van der Waals surface area contributed by atoms with E-state index in [9.17, 15) is 9.36 Å². The number of ether oxygens (including phenoxy) is 2. The van der Waals surface area contributed by atoms with Gasteiger partial charge in [-0.05, 0) is 85.7 Å². The maximum absolute atomic E-state index is 15.4. The Balaban J connectivity index is -0.000000281. The second-order valence-electron chi connectivity index (χ2n) is 11.5. The molecule has 8 aromatic rings. The number of benzene rings is 2. The SMILES string of the molecule is COc1cc2c([nH]c3cc[nH]c(=O)c32)c(F)c1-c1c(C)noc1C.COc1cc2c([nH]c3ccnc(Cl)c32)c(F)c1-c1c(C)noc1C.O=P(Cl)(Cl)Cl.[Y].[Y].[Y].[Y].[Y].[Y].[Y].[Y].[Y].[Y]. The van der Waals surface area contributed by atoms with Crippen molar-refractivity contribution in [3.05, 3.63) is 86.7 Å². The molecule has 0 atom stereocenters. The zero-order chi connectivity index (χ0) is 38.5. The summed E-state index contributed by atoms with van der Waals surface area (Å²) in [5, 5.41) is 7.03. The molecule has 0 fully saturated rings. The Kier molecular flexibility index (Phi) is 43.4. The van der Waals surface area contributed by atoms with Gasteiger partial charge in [0.05, 0.1) is 75.3 Å². The Morgan fingerprint density at radius 3 is 1.40 bits per heavy atom. The van der Waals surface area contributed by atoms with E-state index in [2.05, 4.69) is 64.0 Å². The van der Waals surface area contributed by atoms with E-state index >= 15 is 8.78 Å². The first-order valence-electron chi connectivity index (χ1n) is 15.3. The molecule has 0 unspecified atom stereocenters. The quantitative estimate of drug-likeness (QED) is 0.115. The van der Waals surface area contributed by atoms with Crippen LogP contribution in [0.4, 0.5) is 8.78 Å². The van der Waals surface area contributed by atoms with Gasteiger partial charge in [-0.1, -0.05) is 21.9 Å². The third kappa shape index (κ3) is 18.3. The van der Waals surface area contributed by atoms with Crippen molar-refractivity contribution in [1.82, 2.24) is 30.2 Å². The third-order valence-corrected chi connectivity index (χ3v) is 8.68. The Morgan fingerprint density at radius 2 is 1.03 bits per heavy atom. The van der Waals surface area contributed by atoms with Crippen molar-refractivity contribution in [2.45, 2.75) is 27.7 Å². The van der Waals surface area contributed by atoms with E-state index in [1.165, 1.54) is 20.4 Å². The largest absolute Gasteiger partial charge is 0.496 e. The minimum Gasteiger partial charge on any atom is -0.496 e. The molecule has 306 valence electrons. The molecule has 0 amide bonds. The first-order chi connectivity index (χ1) is 25.0. The molecule has 0 aliphatic heterocycles. The van der Waals surface area contributed by atoms with E-state index in [0.29, 0.717) is 94.3 Å². The predicted molar refractivity (Wildman–Crippen MR) is 203 cm³/mol. The summed E-state index contributed by atoms with van der Waals surface area (Å²) in [6.45, 7) is 6.96. The van der Waals surface area contributed by atoms with Crippen LogP contribution in [0.5, 0.6) is 11.5 Å². The van der Waals surface area contributed by atoms with Gasteiger partial charge in [-0.2, -0.15) is 0 Å². The number of pyridine rings is 2. The first-order valence-corrected chi connectivity index (χ1v) is 20.1. The van der Waals surface area contributed by atoms with Crippen molar-refractivity contribution in [2.75, 3.05) is 14.2 Å². The number of hydrogen-bond donors (Lipinski definition) is 3. The molecule has 6 aromatic heterocycles. The van der Waals surface area contributed by atoms with Gasteiger partial charge in [0.25, 0.3) is 5.56 Å². The topological polar surface area (TPSA) is 165 Å². The molecule has 63 heavy (non-hydrogen) atoms. The minimum atomic E-state index is -3.22. The normalized spacial score (nSPS) is 9.71. The molecule has 0 aliphatic carbocycles. The van der Waals surface area contributed by atoms with E-state index in [0.717, 1.165) is 0 Å². The summed E-state index contributed by atoms with van der Waals surface area (Å²) in [5.74, 6) is 0.784. The number of halogens is 6. The summed E-state index contributed by atoms with van der Waals surface area (Å²) >= 11 is 20.0. The zero-order valence-corrected chi connectivity index (χ0v) is 66.5. The number of rotatable bonds is 4. The van der Waals surface area contributed by atoms with Gasteiger partial charge in [-0.15, -0.1) is 0 Å². The van der Waals surface area contributed by atoms with Crippen molar-refractivity contribution >= 4 is 94.1 Å². The fraction of sp³-hybridized carbons (Fsp3) is 0.176. The Labute approximate surface area is 631 Å². The van der Waals surface area contributed by atoms with Crippen LogP contribution in [-0.4, -0.2) is 44.5 Å². The van der Waals surface area contributed by atoms with E-state index in [1.807, 2.05) is 0 Å². The van der Waals surface area contributed by atoms with Crippen LogP contribution in [0.2, 0.25) is 5.15 Å². The molecule has 12 nitrogen and oxygen atoms in total. The molecular formula is C34H27Cl4F2N6O6PY10. The van der Waals surface area contributed by atoms with Gasteiger partial charge >= 0.3 is 5.20 Å². The zero-order valence-electron chi connectivity index (χ0n) is 34.2. The van der Waals surface area contributed by atoms with Gasteiger partial charge in [0.1, 0.15) is 28.2 Å². The maximum atomic E-state index is 15.4. The molecule has 29 heteroatoms. The van der Waals surface area contributed by atoms with Crippen LogP contribution in [0.15, 0.2) is 50.5 Å². The number of methoxy groups -OCH3 is 2. The van der Waals surface area contributed by atoms with Crippen LogP contribution in [0.3, 0.4) is 0 Å². The predicted octanol–water partition coefficient (Wildman–Crippen LogP) is 11.0. The number of hydrogen-bond acceptors (Lipinski definition) is 9. The van der Waals surface area contributed by atoms with Gasteiger partial charge in [0.15, 0.2) is 11.6 Å². The molecule has 0 aliphatic rings.